The van der Waals surface area contributed by atoms with E-state index in [1.807, 2.05) is 0 Å². The Morgan fingerprint density at radius 3 is 2.72 bits per heavy atom. The first kappa shape index (κ1) is 13.1. The predicted molar refractivity (Wildman–Crippen MR) is 65.4 cm³/mol. The van der Waals surface area contributed by atoms with Crippen molar-refractivity contribution in [2.75, 3.05) is 13.2 Å². The number of hydrogen-bond donors (Lipinski definition) is 3. The van der Waals surface area contributed by atoms with E-state index in [1.54, 1.807) is 0 Å². The van der Waals surface area contributed by atoms with E-state index in [0.717, 1.165) is 19.4 Å². The van der Waals surface area contributed by atoms with Crippen LogP contribution < -0.4 is 5.32 Å². The Labute approximate surface area is 106 Å². The molecule has 0 bridgehead atoms. The van der Waals surface area contributed by atoms with Gasteiger partial charge in [-0.2, -0.15) is 0 Å². The van der Waals surface area contributed by atoms with Crippen molar-refractivity contribution in [3.05, 3.63) is 23.7 Å². The minimum Gasteiger partial charge on any atom is -0.478 e. The topological polar surface area (TPSA) is 82.7 Å². The third-order valence-electron chi connectivity index (χ3n) is 3.70. The standard InChI is InChI=1S/C13H19NO4/c15-9-13(3-1-2-4-13)8-14-6-11-5-10(7-18-11)12(16)17/h5,7,14-15H,1-4,6,8-9H2,(H,16,17). The zero-order chi connectivity index (χ0) is 13.0. The lowest BCUT2D eigenvalue weighted by Crippen LogP contribution is -2.34. The summed E-state index contributed by atoms with van der Waals surface area (Å²) in [5, 5.41) is 21.5. The third-order valence-corrected chi connectivity index (χ3v) is 3.70. The lowest BCUT2D eigenvalue weighted by Gasteiger charge is -2.26. The molecule has 0 atom stereocenters. The van der Waals surface area contributed by atoms with E-state index in [9.17, 15) is 9.90 Å². The fraction of sp³-hybridized carbons (Fsp3) is 0.615. The van der Waals surface area contributed by atoms with Gasteiger partial charge in [-0.1, -0.05) is 12.8 Å². The molecule has 100 valence electrons. The van der Waals surface area contributed by atoms with E-state index in [-0.39, 0.29) is 17.6 Å². The molecule has 0 amide bonds. The number of carboxylic acid groups (broad SMARTS) is 1. The second kappa shape index (κ2) is 5.54. The molecule has 1 heterocycles. The smallest absolute Gasteiger partial charge is 0.338 e. The monoisotopic (exact) mass is 253 g/mol. The molecule has 0 unspecified atom stereocenters. The minimum absolute atomic E-state index is 0.00220. The maximum absolute atomic E-state index is 10.7. The van der Waals surface area contributed by atoms with E-state index in [0.29, 0.717) is 12.3 Å². The Hall–Kier alpha value is -1.33. The van der Waals surface area contributed by atoms with Crippen LogP contribution in [0.25, 0.3) is 0 Å². The second-order valence-electron chi connectivity index (χ2n) is 5.08. The van der Waals surface area contributed by atoms with Crippen LogP contribution in [0, 0.1) is 5.41 Å². The summed E-state index contributed by atoms with van der Waals surface area (Å²) >= 11 is 0. The molecule has 0 saturated heterocycles. The molecular weight excluding hydrogens is 234 g/mol. The molecule has 5 nitrogen and oxygen atoms in total. The van der Waals surface area contributed by atoms with Crippen LogP contribution in [0.15, 0.2) is 16.7 Å². The molecule has 1 aromatic heterocycles. The van der Waals surface area contributed by atoms with Crippen molar-refractivity contribution in [1.29, 1.82) is 0 Å². The first-order valence-electron chi connectivity index (χ1n) is 6.27. The number of carboxylic acids is 1. The number of hydrogen-bond acceptors (Lipinski definition) is 4. The van der Waals surface area contributed by atoms with Gasteiger partial charge in [-0.05, 0) is 18.9 Å². The first-order valence-corrected chi connectivity index (χ1v) is 6.27. The van der Waals surface area contributed by atoms with E-state index in [1.165, 1.54) is 25.2 Å². The number of aliphatic hydroxyl groups is 1. The van der Waals surface area contributed by atoms with E-state index in [2.05, 4.69) is 5.32 Å². The van der Waals surface area contributed by atoms with Crippen molar-refractivity contribution in [1.82, 2.24) is 5.32 Å². The van der Waals surface area contributed by atoms with Gasteiger partial charge in [0, 0.05) is 18.6 Å². The van der Waals surface area contributed by atoms with Crippen molar-refractivity contribution in [3.63, 3.8) is 0 Å². The molecule has 0 aliphatic heterocycles. The van der Waals surface area contributed by atoms with E-state index >= 15 is 0 Å². The average molecular weight is 253 g/mol. The van der Waals surface area contributed by atoms with Gasteiger partial charge in [-0.25, -0.2) is 4.79 Å². The largest absolute Gasteiger partial charge is 0.478 e. The summed E-state index contributed by atoms with van der Waals surface area (Å²) in [6, 6.07) is 1.52. The molecule has 0 spiro atoms. The van der Waals surface area contributed by atoms with Crippen LogP contribution in [0.3, 0.4) is 0 Å². The van der Waals surface area contributed by atoms with Crippen LogP contribution in [-0.4, -0.2) is 29.3 Å². The highest BCUT2D eigenvalue weighted by atomic mass is 16.4. The maximum atomic E-state index is 10.7. The highest BCUT2D eigenvalue weighted by Crippen LogP contribution is 2.36. The van der Waals surface area contributed by atoms with Crippen LogP contribution in [0.4, 0.5) is 0 Å². The third kappa shape index (κ3) is 2.91. The molecule has 1 saturated carbocycles. The summed E-state index contributed by atoms with van der Waals surface area (Å²) in [6.45, 7) is 1.44. The van der Waals surface area contributed by atoms with Crippen LogP contribution in [0.2, 0.25) is 0 Å². The Kier molecular flexibility index (Phi) is 4.04. The van der Waals surface area contributed by atoms with Gasteiger partial charge >= 0.3 is 5.97 Å². The number of aromatic carboxylic acids is 1. The molecule has 1 fully saturated rings. The van der Waals surface area contributed by atoms with Gasteiger partial charge in [0.25, 0.3) is 0 Å². The van der Waals surface area contributed by atoms with Gasteiger partial charge in [0.1, 0.15) is 12.0 Å². The van der Waals surface area contributed by atoms with Gasteiger partial charge in [-0.3, -0.25) is 0 Å². The molecule has 1 aromatic rings. The molecule has 5 heteroatoms. The van der Waals surface area contributed by atoms with Gasteiger partial charge in [0.05, 0.1) is 12.1 Å². The number of carbonyl (C=O) groups is 1. The number of aliphatic hydroxyl groups excluding tert-OH is 1. The molecule has 1 aliphatic rings. The van der Waals surface area contributed by atoms with Gasteiger partial charge in [0.15, 0.2) is 0 Å². The maximum Gasteiger partial charge on any atom is 0.338 e. The highest BCUT2D eigenvalue weighted by Gasteiger charge is 2.32. The summed E-state index contributed by atoms with van der Waals surface area (Å²) < 4.78 is 5.15. The summed E-state index contributed by atoms with van der Waals surface area (Å²) in [5.74, 6) is -0.369. The molecule has 18 heavy (non-hydrogen) atoms. The molecule has 2 rings (SSSR count). The molecular formula is C13H19NO4. The summed E-state index contributed by atoms with van der Waals surface area (Å²) in [4.78, 5) is 10.7. The molecule has 1 aliphatic carbocycles. The van der Waals surface area contributed by atoms with Crippen molar-refractivity contribution < 1.29 is 19.4 Å². The quantitative estimate of drug-likeness (QED) is 0.717. The van der Waals surface area contributed by atoms with E-state index < -0.39 is 5.97 Å². The van der Waals surface area contributed by atoms with Gasteiger partial charge in [0.2, 0.25) is 0 Å². The summed E-state index contributed by atoms with van der Waals surface area (Å²) in [5.41, 5.74) is 0.173. The number of furan rings is 1. The van der Waals surface area contributed by atoms with Crippen LogP contribution in [0.5, 0.6) is 0 Å². The highest BCUT2D eigenvalue weighted by molar-refractivity contribution is 5.87. The Bertz CT molecular complexity index is 407. The molecule has 3 N–H and O–H groups in total. The zero-order valence-electron chi connectivity index (χ0n) is 10.3. The van der Waals surface area contributed by atoms with Crippen molar-refractivity contribution in [2.45, 2.75) is 32.2 Å². The molecule has 0 aromatic carbocycles. The number of rotatable bonds is 6. The van der Waals surface area contributed by atoms with Gasteiger partial charge in [-0.15, -0.1) is 0 Å². The fourth-order valence-electron chi connectivity index (χ4n) is 2.55. The second-order valence-corrected chi connectivity index (χ2v) is 5.08. The van der Waals surface area contributed by atoms with Crippen molar-refractivity contribution in [3.8, 4) is 0 Å². The average Bonchev–Trinajstić information content (AvgIpc) is 2.98. The SMILES string of the molecule is O=C(O)c1coc(CNCC2(CO)CCCC2)c1. The summed E-state index contributed by atoms with van der Waals surface area (Å²) in [7, 11) is 0. The summed E-state index contributed by atoms with van der Waals surface area (Å²) in [6.07, 6.45) is 5.69. The predicted octanol–water partition coefficient (Wildman–Crippen LogP) is 1.62. The zero-order valence-corrected chi connectivity index (χ0v) is 10.3. The van der Waals surface area contributed by atoms with Crippen molar-refractivity contribution in [2.24, 2.45) is 5.41 Å². The molecule has 0 radical (unpaired) electrons. The lowest BCUT2D eigenvalue weighted by molar-refractivity contribution is 0.0696. The van der Waals surface area contributed by atoms with Crippen LogP contribution >= 0.6 is 0 Å². The van der Waals surface area contributed by atoms with Crippen LogP contribution in [0.1, 0.15) is 41.8 Å². The Morgan fingerprint density at radius 2 is 2.17 bits per heavy atom. The van der Waals surface area contributed by atoms with Crippen LogP contribution in [-0.2, 0) is 6.54 Å². The Balaban J connectivity index is 1.82. The Morgan fingerprint density at radius 1 is 1.44 bits per heavy atom. The lowest BCUT2D eigenvalue weighted by atomic mass is 9.87. The van der Waals surface area contributed by atoms with E-state index in [4.69, 9.17) is 9.52 Å². The van der Waals surface area contributed by atoms with Crippen molar-refractivity contribution >= 4 is 5.97 Å². The number of nitrogens with one attached hydrogen (secondary N) is 1. The van der Waals surface area contributed by atoms with Gasteiger partial charge < -0.3 is 19.9 Å². The minimum atomic E-state index is -0.979. The fourth-order valence-corrected chi connectivity index (χ4v) is 2.55. The normalized spacial score (nSPS) is 18.1. The first-order chi connectivity index (χ1) is 8.65.